The summed E-state index contributed by atoms with van der Waals surface area (Å²) < 4.78 is 1.64. The first kappa shape index (κ1) is 13.0. The SMILES string of the molecule is CNc1nnc2ccc(-c3cccc(NC(C)=O)c3)nn12. The molecule has 1 aromatic carbocycles. The predicted molar refractivity (Wildman–Crippen MR) is 80.1 cm³/mol. The molecule has 0 bridgehead atoms. The van der Waals surface area contributed by atoms with Crippen molar-refractivity contribution in [1.29, 1.82) is 0 Å². The zero-order chi connectivity index (χ0) is 14.8. The molecule has 2 heterocycles. The lowest BCUT2D eigenvalue weighted by Crippen LogP contribution is -2.05. The molecule has 0 aliphatic rings. The molecule has 1 amide bonds. The molecule has 7 heteroatoms. The van der Waals surface area contributed by atoms with Crippen LogP contribution in [0.3, 0.4) is 0 Å². The molecule has 0 aliphatic heterocycles. The van der Waals surface area contributed by atoms with E-state index in [0.717, 1.165) is 16.9 Å². The van der Waals surface area contributed by atoms with Crippen molar-refractivity contribution >= 4 is 23.2 Å². The van der Waals surface area contributed by atoms with Crippen LogP contribution >= 0.6 is 0 Å². The van der Waals surface area contributed by atoms with Crippen LogP contribution in [-0.4, -0.2) is 32.8 Å². The third kappa shape index (κ3) is 2.53. The number of hydrogen-bond donors (Lipinski definition) is 2. The van der Waals surface area contributed by atoms with Crippen molar-refractivity contribution in [2.45, 2.75) is 6.92 Å². The molecule has 0 saturated heterocycles. The summed E-state index contributed by atoms with van der Waals surface area (Å²) in [5.41, 5.74) is 3.07. The Balaban J connectivity index is 2.05. The Hall–Kier alpha value is -2.96. The zero-order valence-corrected chi connectivity index (χ0v) is 11.7. The van der Waals surface area contributed by atoms with Crippen LogP contribution in [0.5, 0.6) is 0 Å². The summed E-state index contributed by atoms with van der Waals surface area (Å²) >= 11 is 0. The highest BCUT2D eigenvalue weighted by molar-refractivity contribution is 5.89. The minimum absolute atomic E-state index is 0.105. The van der Waals surface area contributed by atoms with E-state index in [-0.39, 0.29) is 5.91 Å². The lowest BCUT2D eigenvalue weighted by Gasteiger charge is -2.06. The van der Waals surface area contributed by atoms with Gasteiger partial charge in [-0.05, 0) is 24.3 Å². The first-order valence-electron chi connectivity index (χ1n) is 6.45. The number of carbonyl (C=O) groups excluding carboxylic acids is 1. The minimum atomic E-state index is -0.105. The van der Waals surface area contributed by atoms with Crippen LogP contribution in [0.1, 0.15) is 6.92 Å². The lowest BCUT2D eigenvalue weighted by molar-refractivity contribution is -0.114. The molecule has 3 rings (SSSR count). The molecular weight excluding hydrogens is 268 g/mol. The van der Waals surface area contributed by atoms with Gasteiger partial charge in [-0.15, -0.1) is 10.2 Å². The van der Waals surface area contributed by atoms with E-state index >= 15 is 0 Å². The second kappa shape index (κ2) is 5.20. The number of nitrogens with zero attached hydrogens (tertiary/aromatic N) is 4. The van der Waals surface area contributed by atoms with Gasteiger partial charge in [-0.2, -0.15) is 9.61 Å². The van der Waals surface area contributed by atoms with E-state index in [1.54, 1.807) is 11.6 Å². The Morgan fingerprint density at radius 2 is 2.05 bits per heavy atom. The Morgan fingerprint density at radius 1 is 1.19 bits per heavy atom. The van der Waals surface area contributed by atoms with Gasteiger partial charge in [-0.3, -0.25) is 4.79 Å². The van der Waals surface area contributed by atoms with Crippen molar-refractivity contribution in [3.63, 3.8) is 0 Å². The highest BCUT2D eigenvalue weighted by Crippen LogP contribution is 2.21. The molecule has 2 aromatic heterocycles. The zero-order valence-electron chi connectivity index (χ0n) is 11.7. The highest BCUT2D eigenvalue weighted by atomic mass is 16.1. The molecule has 106 valence electrons. The smallest absolute Gasteiger partial charge is 0.245 e. The van der Waals surface area contributed by atoms with Crippen LogP contribution in [0.15, 0.2) is 36.4 Å². The number of nitrogens with one attached hydrogen (secondary N) is 2. The fourth-order valence-corrected chi connectivity index (χ4v) is 2.06. The van der Waals surface area contributed by atoms with Crippen molar-refractivity contribution in [3.8, 4) is 11.3 Å². The minimum Gasteiger partial charge on any atom is -0.356 e. The van der Waals surface area contributed by atoms with Crippen LogP contribution in [-0.2, 0) is 4.79 Å². The van der Waals surface area contributed by atoms with Crippen LogP contribution < -0.4 is 10.6 Å². The number of anilines is 2. The number of rotatable bonds is 3. The van der Waals surface area contributed by atoms with Crippen molar-refractivity contribution in [1.82, 2.24) is 19.8 Å². The van der Waals surface area contributed by atoms with Crippen molar-refractivity contribution < 1.29 is 4.79 Å². The maximum absolute atomic E-state index is 11.1. The van der Waals surface area contributed by atoms with Crippen LogP contribution in [0.25, 0.3) is 16.9 Å². The Labute approximate surface area is 121 Å². The van der Waals surface area contributed by atoms with E-state index in [0.29, 0.717) is 11.6 Å². The van der Waals surface area contributed by atoms with Gasteiger partial charge in [-0.25, -0.2) is 0 Å². The largest absolute Gasteiger partial charge is 0.356 e. The van der Waals surface area contributed by atoms with Gasteiger partial charge in [0.1, 0.15) is 0 Å². The molecule has 0 fully saturated rings. The molecule has 0 atom stereocenters. The molecule has 7 nitrogen and oxygen atoms in total. The number of carbonyl (C=O) groups is 1. The fraction of sp³-hybridized carbons (Fsp3) is 0.143. The molecule has 21 heavy (non-hydrogen) atoms. The quantitative estimate of drug-likeness (QED) is 0.765. The average Bonchev–Trinajstić information content (AvgIpc) is 2.89. The van der Waals surface area contributed by atoms with E-state index in [4.69, 9.17) is 0 Å². The Kier molecular flexibility index (Phi) is 3.23. The van der Waals surface area contributed by atoms with Crippen LogP contribution in [0.2, 0.25) is 0 Å². The summed E-state index contributed by atoms with van der Waals surface area (Å²) in [6.07, 6.45) is 0. The van der Waals surface area contributed by atoms with Gasteiger partial charge in [0.2, 0.25) is 11.9 Å². The Bertz CT molecular complexity index is 810. The van der Waals surface area contributed by atoms with Crippen LogP contribution in [0.4, 0.5) is 11.6 Å². The first-order valence-corrected chi connectivity index (χ1v) is 6.45. The number of amides is 1. The van der Waals surface area contributed by atoms with Gasteiger partial charge in [0.05, 0.1) is 5.69 Å². The third-order valence-corrected chi connectivity index (χ3v) is 2.97. The molecule has 0 saturated carbocycles. The summed E-state index contributed by atoms with van der Waals surface area (Å²) in [5, 5.41) is 18.2. The van der Waals surface area contributed by atoms with Gasteiger partial charge in [0.25, 0.3) is 0 Å². The second-order valence-corrected chi connectivity index (χ2v) is 4.52. The molecule has 2 N–H and O–H groups in total. The standard InChI is InChI=1S/C14H14N6O/c1-9(21)16-11-5-3-4-10(8-11)12-6-7-13-17-18-14(15-2)20(13)19-12/h3-8H,1-2H3,(H,15,18)(H,16,21). The summed E-state index contributed by atoms with van der Waals surface area (Å²) in [5.74, 6) is 0.469. The molecule has 3 aromatic rings. The Morgan fingerprint density at radius 3 is 2.81 bits per heavy atom. The first-order chi connectivity index (χ1) is 10.2. The van der Waals surface area contributed by atoms with Crippen molar-refractivity contribution in [3.05, 3.63) is 36.4 Å². The molecule has 0 spiro atoms. The average molecular weight is 282 g/mol. The van der Waals surface area contributed by atoms with Gasteiger partial charge < -0.3 is 10.6 Å². The summed E-state index contributed by atoms with van der Waals surface area (Å²) in [4.78, 5) is 11.1. The predicted octanol–water partition coefficient (Wildman–Crippen LogP) is 1.79. The molecule has 0 radical (unpaired) electrons. The number of aromatic nitrogens is 4. The van der Waals surface area contributed by atoms with Crippen molar-refractivity contribution in [2.24, 2.45) is 0 Å². The number of fused-ring (bicyclic) bond motifs is 1. The monoisotopic (exact) mass is 282 g/mol. The molecular formula is C14H14N6O. The van der Waals surface area contributed by atoms with Gasteiger partial charge in [-0.1, -0.05) is 12.1 Å². The maximum atomic E-state index is 11.1. The molecule has 0 aliphatic carbocycles. The fourth-order valence-electron chi connectivity index (χ4n) is 2.06. The molecule has 0 unspecified atom stereocenters. The third-order valence-electron chi connectivity index (χ3n) is 2.97. The number of hydrogen-bond acceptors (Lipinski definition) is 5. The van der Waals surface area contributed by atoms with E-state index in [1.807, 2.05) is 36.4 Å². The second-order valence-electron chi connectivity index (χ2n) is 4.52. The van der Waals surface area contributed by atoms with Gasteiger partial charge in [0.15, 0.2) is 5.65 Å². The maximum Gasteiger partial charge on any atom is 0.245 e. The van der Waals surface area contributed by atoms with E-state index in [2.05, 4.69) is 25.9 Å². The normalized spacial score (nSPS) is 10.6. The van der Waals surface area contributed by atoms with Crippen molar-refractivity contribution in [2.75, 3.05) is 17.7 Å². The van der Waals surface area contributed by atoms with E-state index < -0.39 is 0 Å². The van der Waals surface area contributed by atoms with Gasteiger partial charge >= 0.3 is 0 Å². The summed E-state index contributed by atoms with van der Waals surface area (Å²) in [6.45, 7) is 1.48. The topological polar surface area (TPSA) is 84.2 Å². The lowest BCUT2D eigenvalue weighted by atomic mass is 10.1. The highest BCUT2D eigenvalue weighted by Gasteiger charge is 2.07. The van der Waals surface area contributed by atoms with Gasteiger partial charge in [0, 0.05) is 25.2 Å². The summed E-state index contributed by atoms with van der Waals surface area (Å²) in [7, 11) is 1.77. The number of benzene rings is 1. The van der Waals surface area contributed by atoms with E-state index in [1.165, 1.54) is 6.92 Å². The van der Waals surface area contributed by atoms with Crippen LogP contribution in [0, 0.1) is 0 Å². The van der Waals surface area contributed by atoms with E-state index in [9.17, 15) is 4.79 Å². The summed E-state index contributed by atoms with van der Waals surface area (Å²) in [6, 6.07) is 11.2.